The predicted octanol–water partition coefficient (Wildman–Crippen LogP) is 4.85. The average molecular weight is 589 g/mol. The van der Waals surface area contributed by atoms with Crippen molar-refractivity contribution in [2.45, 2.75) is 51.7 Å². The molecule has 220 valence electrons. The van der Waals surface area contributed by atoms with Gasteiger partial charge in [0.1, 0.15) is 11.5 Å². The molecule has 1 N–H and O–H groups in total. The predicted molar refractivity (Wildman–Crippen MR) is 159 cm³/mol. The van der Waals surface area contributed by atoms with Crippen molar-refractivity contribution in [3.8, 4) is 0 Å². The summed E-state index contributed by atoms with van der Waals surface area (Å²) in [6, 6.07) is 23.3. The van der Waals surface area contributed by atoms with Gasteiger partial charge in [-0.15, -0.1) is 11.3 Å². The third-order valence-electron chi connectivity index (χ3n) is 7.95. The number of amides is 2. The molecule has 0 spiro atoms. The van der Waals surface area contributed by atoms with Gasteiger partial charge in [-0.25, -0.2) is 0 Å². The molecule has 8 nitrogen and oxygen atoms in total. The Balaban J connectivity index is 1.43. The summed E-state index contributed by atoms with van der Waals surface area (Å²) in [5, 5.41) is 4.87. The minimum absolute atomic E-state index is 0.0438. The van der Waals surface area contributed by atoms with Crippen molar-refractivity contribution >= 4 is 29.1 Å². The highest BCUT2D eigenvalue weighted by atomic mass is 32.1. The van der Waals surface area contributed by atoms with E-state index in [0.717, 1.165) is 16.0 Å². The number of benzene rings is 2. The number of hydrogen-bond donors (Lipinski definition) is 1. The molecule has 0 aliphatic carbocycles. The largest absolute Gasteiger partial charge is 0.468 e. The molecule has 0 unspecified atom stereocenters. The van der Waals surface area contributed by atoms with Crippen LogP contribution in [0, 0.1) is 11.3 Å². The Morgan fingerprint density at radius 2 is 1.76 bits per heavy atom. The van der Waals surface area contributed by atoms with Crippen LogP contribution >= 0.6 is 11.3 Å². The molecule has 42 heavy (non-hydrogen) atoms. The van der Waals surface area contributed by atoms with E-state index < -0.39 is 29.5 Å². The van der Waals surface area contributed by atoms with Crippen LogP contribution in [-0.4, -0.2) is 48.6 Å². The van der Waals surface area contributed by atoms with Gasteiger partial charge in [-0.3, -0.25) is 14.4 Å². The third-order valence-corrected chi connectivity index (χ3v) is 8.82. The van der Waals surface area contributed by atoms with E-state index in [2.05, 4.69) is 5.32 Å². The fraction of sp³-hybridized carbons (Fsp3) is 0.364. The summed E-state index contributed by atoms with van der Waals surface area (Å²) in [5.74, 6) is -1.66. The first-order valence-electron chi connectivity index (χ1n) is 14.1. The first kappa shape index (κ1) is 29.7. The Labute approximate surface area is 250 Å². The van der Waals surface area contributed by atoms with Crippen LogP contribution in [0.1, 0.15) is 35.8 Å². The van der Waals surface area contributed by atoms with Crippen molar-refractivity contribution in [2.75, 3.05) is 13.7 Å². The minimum atomic E-state index is -1.26. The topological polar surface area (TPSA) is 94.2 Å². The lowest BCUT2D eigenvalue weighted by Gasteiger charge is -2.51. The van der Waals surface area contributed by atoms with Crippen molar-refractivity contribution in [1.82, 2.24) is 10.2 Å². The molecular weight excluding hydrogens is 552 g/mol. The standard InChI is InChI=1S/C33H36N2O6S/c1-23-33(32(38)39-2)18-26(16-30(36)34-19-28-14-9-15-42-28)31(37)35(20-24-10-5-3-6-11-24)29(33)17-27(41-23)22-40-21-25-12-7-4-8-13-25/h3-15,17,23,26-27H,16,18-22H2,1-2H3,(H,34,36)/t23-,26+,27-,33+/m1/s1. The van der Waals surface area contributed by atoms with E-state index in [1.165, 1.54) is 7.11 Å². The maximum Gasteiger partial charge on any atom is 0.320 e. The molecule has 0 saturated carbocycles. The number of nitrogens with one attached hydrogen (secondary N) is 1. The Bertz CT molecular complexity index is 1390. The third kappa shape index (κ3) is 6.48. The summed E-state index contributed by atoms with van der Waals surface area (Å²) in [4.78, 5) is 43.5. The molecule has 1 saturated heterocycles. The maximum absolute atomic E-state index is 14.1. The number of thiophene rings is 1. The Hall–Kier alpha value is -3.79. The van der Waals surface area contributed by atoms with Gasteiger partial charge in [0.2, 0.25) is 11.8 Å². The number of ether oxygens (including phenoxy) is 3. The zero-order chi connectivity index (χ0) is 29.5. The molecule has 3 aromatic rings. The normalized spacial score (nSPS) is 23.6. The van der Waals surface area contributed by atoms with Crippen molar-refractivity contribution < 1.29 is 28.6 Å². The molecule has 9 heteroatoms. The van der Waals surface area contributed by atoms with Crippen LogP contribution in [-0.2, 0) is 48.3 Å². The van der Waals surface area contributed by atoms with E-state index in [-0.39, 0.29) is 37.8 Å². The number of carbonyl (C=O) groups is 3. The number of likely N-dealkylation sites (tertiary alicyclic amines) is 1. The van der Waals surface area contributed by atoms with E-state index in [1.807, 2.05) is 91.2 Å². The van der Waals surface area contributed by atoms with Crippen LogP contribution in [0.3, 0.4) is 0 Å². The fourth-order valence-corrected chi connectivity index (χ4v) is 6.49. The van der Waals surface area contributed by atoms with E-state index in [1.54, 1.807) is 16.2 Å². The van der Waals surface area contributed by atoms with E-state index in [0.29, 0.717) is 18.8 Å². The maximum atomic E-state index is 14.1. The van der Waals surface area contributed by atoms with Gasteiger partial charge >= 0.3 is 5.97 Å². The molecule has 1 aromatic heterocycles. The van der Waals surface area contributed by atoms with Crippen LogP contribution < -0.4 is 5.32 Å². The van der Waals surface area contributed by atoms with Crippen molar-refractivity contribution in [2.24, 2.45) is 11.3 Å². The molecule has 2 aliphatic rings. The van der Waals surface area contributed by atoms with Gasteiger partial charge in [0, 0.05) is 22.9 Å². The van der Waals surface area contributed by atoms with Crippen LogP contribution in [0.4, 0.5) is 0 Å². The SMILES string of the molecule is COC(=O)[C@]12C[C@H](CC(=O)NCc3cccs3)C(=O)N(Cc3ccccc3)C1=C[C@H](COCc1ccccc1)O[C@@H]2C. The van der Waals surface area contributed by atoms with Gasteiger partial charge < -0.3 is 24.4 Å². The van der Waals surface area contributed by atoms with Gasteiger partial charge in [-0.2, -0.15) is 0 Å². The summed E-state index contributed by atoms with van der Waals surface area (Å²) >= 11 is 1.55. The zero-order valence-corrected chi connectivity index (χ0v) is 24.7. The molecule has 4 atom stereocenters. The van der Waals surface area contributed by atoms with Crippen molar-refractivity contribution in [3.63, 3.8) is 0 Å². The highest BCUT2D eigenvalue weighted by Crippen LogP contribution is 2.50. The minimum Gasteiger partial charge on any atom is -0.468 e. The fourth-order valence-electron chi connectivity index (χ4n) is 5.84. The van der Waals surface area contributed by atoms with Crippen LogP contribution in [0.25, 0.3) is 0 Å². The van der Waals surface area contributed by atoms with E-state index >= 15 is 0 Å². The smallest absolute Gasteiger partial charge is 0.320 e. The summed E-state index contributed by atoms with van der Waals surface area (Å²) in [5.41, 5.74) is 1.23. The number of piperidine rings is 1. The van der Waals surface area contributed by atoms with E-state index in [4.69, 9.17) is 14.2 Å². The van der Waals surface area contributed by atoms with Gasteiger partial charge in [0.15, 0.2) is 0 Å². The van der Waals surface area contributed by atoms with Crippen LogP contribution in [0.2, 0.25) is 0 Å². The zero-order valence-electron chi connectivity index (χ0n) is 23.9. The van der Waals surface area contributed by atoms with Gasteiger partial charge in [-0.05, 0) is 42.0 Å². The number of esters is 1. The lowest BCUT2D eigenvalue weighted by atomic mass is 9.66. The second kappa shape index (κ2) is 13.5. The van der Waals surface area contributed by atoms with Crippen molar-refractivity contribution in [3.05, 3.63) is 106 Å². The highest BCUT2D eigenvalue weighted by Gasteiger charge is 2.59. The van der Waals surface area contributed by atoms with Crippen LogP contribution in [0.5, 0.6) is 0 Å². The molecule has 2 aromatic carbocycles. The number of methoxy groups -OCH3 is 1. The summed E-state index contributed by atoms with van der Waals surface area (Å²) in [7, 11) is 1.34. The molecule has 2 aliphatic heterocycles. The molecule has 3 heterocycles. The lowest BCUT2D eigenvalue weighted by Crippen LogP contribution is -2.60. The summed E-state index contributed by atoms with van der Waals surface area (Å²) in [6.45, 7) is 3.14. The van der Waals surface area contributed by atoms with Gasteiger partial charge in [0.25, 0.3) is 0 Å². The Morgan fingerprint density at radius 3 is 2.43 bits per heavy atom. The second-order valence-electron chi connectivity index (χ2n) is 10.7. The molecule has 0 bridgehead atoms. The molecule has 2 amide bonds. The highest BCUT2D eigenvalue weighted by molar-refractivity contribution is 7.09. The molecule has 1 fully saturated rings. The number of carbonyl (C=O) groups excluding carboxylic acids is 3. The molecule has 0 radical (unpaired) electrons. The average Bonchev–Trinajstić information content (AvgIpc) is 3.53. The lowest BCUT2D eigenvalue weighted by molar-refractivity contribution is -0.178. The Morgan fingerprint density at radius 1 is 1.05 bits per heavy atom. The Kier molecular flexibility index (Phi) is 9.51. The second-order valence-corrected chi connectivity index (χ2v) is 11.7. The molecule has 5 rings (SSSR count). The molecular formula is C33H36N2O6S. The summed E-state index contributed by atoms with van der Waals surface area (Å²) in [6.07, 6.45) is 0.792. The monoisotopic (exact) mass is 588 g/mol. The van der Waals surface area contributed by atoms with Gasteiger partial charge in [-0.1, -0.05) is 66.7 Å². The summed E-state index contributed by atoms with van der Waals surface area (Å²) < 4.78 is 17.7. The number of fused-ring (bicyclic) bond motifs is 1. The van der Waals surface area contributed by atoms with Crippen molar-refractivity contribution in [1.29, 1.82) is 0 Å². The quantitative estimate of drug-likeness (QED) is 0.322. The number of rotatable bonds is 11. The first-order valence-corrected chi connectivity index (χ1v) is 15.0. The van der Waals surface area contributed by atoms with E-state index in [9.17, 15) is 14.4 Å². The number of nitrogens with zero attached hydrogens (tertiary/aromatic N) is 1. The van der Waals surface area contributed by atoms with Gasteiger partial charge in [0.05, 0.1) is 39.5 Å². The number of hydrogen-bond acceptors (Lipinski definition) is 7. The first-order chi connectivity index (χ1) is 20.4. The van der Waals surface area contributed by atoms with Crippen LogP contribution in [0.15, 0.2) is 89.9 Å².